The second-order valence-electron chi connectivity index (χ2n) is 2.43. The van der Waals surface area contributed by atoms with Crippen molar-refractivity contribution in [3.05, 3.63) is 33.2 Å². The summed E-state index contributed by atoms with van der Waals surface area (Å²) < 4.78 is 2.30. The third-order valence-corrected chi connectivity index (χ3v) is 2.45. The summed E-state index contributed by atoms with van der Waals surface area (Å²) in [6.07, 6.45) is 2.70. The van der Waals surface area contributed by atoms with Crippen LogP contribution in [0.4, 0.5) is 0 Å². The van der Waals surface area contributed by atoms with E-state index in [9.17, 15) is 4.79 Å². The van der Waals surface area contributed by atoms with Crippen LogP contribution >= 0.6 is 28.6 Å². The fourth-order valence-electron chi connectivity index (χ4n) is 0.925. The van der Waals surface area contributed by atoms with Crippen molar-refractivity contribution in [3.63, 3.8) is 0 Å². The first-order chi connectivity index (χ1) is 5.75. The summed E-state index contributed by atoms with van der Waals surface area (Å²) >= 11 is 7.27. The maximum Gasteiger partial charge on any atom is 0.264 e. The van der Waals surface area contributed by atoms with E-state index in [4.69, 9.17) is 0 Å². The lowest BCUT2D eigenvalue weighted by Gasteiger charge is -2.03. The van der Waals surface area contributed by atoms with Crippen LogP contribution in [-0.2, 0) is 6.54 Å². The fourth-order valence-corrected chi connectivity index (χ4v) is 1.45. The van der Waals surface area contributed by atoms with Gasteiger partial charge in [0.05, 0.1) is 4.47 Å². The molecule has 0 amide bonds. The van der Waals surface area contributed by atoms with Crippen LogP contribution in [0.3, 0.4) is 0 Å². The van der Waals surface area contributed by atoms with Gasteiger partial charge in [0, 0.05) is 12.7 Å². The topological polar surface area (TPSA) is 22.0 Å². The lowest BCUT2D eigenvalue weighted by molar-refractivity contribution is 0.656. The Morgan fingerprint density at radius 3 is 3.00 bits per heavy atom. The molecule has 0 N–H and O–H groups in total. The number of pyridine rings is 1. The van der Waals surface area contributed by atoms with Crippen molar-refractivity contribution in [3.8, 4) is 0 Å². The average molecular weight is 248 g/mol. The Morgan fingerprint density at radius 2 is 2.33 bits per heavy atom. The van der Waals surface area contributed by atoms with E-state index in [0.29, 0.717) is 4.47 Å². The first-order valence-electron chi connectivity index (χ1n) is 3.71. The van der Waals surface area contributed by atoms with E-state index < -0.39 is 0 Å². The highest BCUT2D eigenvalue weighted by Gasteiger charge is 1.97. The molecule has 66 valence electrons. The highest BCUT2D eigenvalue weighted by atomic mass is 79.9. The molecule has 4 heteroatoms. The molecule has 1 rings (SSSR count). The van der Waals surface area contributed by atoms with Crippen LogP contribution in [0.25, 0.3) is 0 Å². The highest BCUT2D eigenvalue weighted by Crippen LogP contribution is 2.01. The molecular weight excluding hydrogens is 238 g/mol. The summed E-state index contributed by atoms with van der Waals surface area (Å²) in [5, 5.41) is 0. The molecule has 0 aliphatic heterocycles. The molecule has 0 fully saturated rings. The molecule has 1 aromatic heterocycles. The summed E-state index contributed by atoms with van der Waals surface area (Å²) in [6.45, 7) is 0.738. The van der Waals surface area contributed by atoms with E-state index in [2.05, 4.69) is 28.6 Å². The van der Waals surface area contributed by atoms with Crippen LogP contribution in [0.2, 0.25) is 0 Å². The van der Waals surface area contributed by atoms with Crippen molar-refractivity contribution >= 4 is 28.6 Å². The molecule has 0 spiro atoms. The largest absolute Gasteiger partial charge is 0.315 e. The van der Waals surface area contributed by atoms with Crippen LogP contribution in [0, 0.1) is 0 Å². The van der Waals surface area contributed by atoms with Crippen molar-refractivity contribution < 1.29 is 0 Å². The standard InChI is InChI=1S/C8H10BrNOS/c9-7-3-1-4-10(8(7)11)5-2-6-12/h1,3-4,12H,2,5-6H2. The van der Waals surface area contributed by atoms with E-state index in [-0.39, 0.29) is 5.56 Å². The molecule has 0 aliphatic rings. The van der Waals surface area contributed by atoms with Gasteiger partial charge in [0.2, 0.25) is 0 Å². The monoisotopic (exact) mass is 247 g/mol. The quantitative estimate of drug-likeness (QED) is 0.811. The van der Waals surface area contributed by atoms with E-state index in [1.54, 1.807) is 16.8 Å². The number of nitrogens with zero attached hydrogens (tertiary/aromatic N) is 1. The van der Waals surface area contributed by atoms with Crippen molar-refractivity contribution in [2.75, 3.05) is 5.75 Å². The lowest BCUT2D eigenvalue weighted by atomic mass is 10.4. The van der Waals surface area contributed by atoms with Crippen molar-refractivity contribution in [2.24, 2.45) is 0 Å². The van der Waals surface area contributed by atoms with Gasteiger partial charge >= 0.3 is 0 Å². The molecule has 0 unspecified atom stereocenters. The highest BCUT2D eigenvalue weighted by molar-refractivity contribution is 9.10. The van der Waals surface area contributed by atoms with Crippen LogP contribution in [0.1, 0.15) is 6.42 Å². The minimum Gasteiger partial charge on any atom is -0.315 e. The zero-order valence-corrected chi connectivity index (χ0v) is 9.01. The second kappa shape index (κ2) is 4.72. The fraction of sp³-hybridized carbons (Fsp3) is 0.375. The Hall–Kier alpha value is -0.220. The minimum absolute atomic E-state index is 0.0271. The van der Waals surface area contributed by atoms with Crippen LogP contribution in [-0.4, -0.2) is 10.3 Å². The number of rotatable bonds is 3. The van der Waals surface area contributed by atoms with E-state index in [1.807, 2.05) is 6.07 Å². The molecule has 1 heterocycles. The van der Waals surface area contributed by atoms with E-state index >= 15 is 0 Å². The van der Waals surface area contributed by atoms with Gasteiger partial charge in [-0.2, -0.15) is 12.6 Å². The Morgan fingerprint density at radius 1 is 1.58 bits per heavy atom. The molecule has 0 bridgehead atoms. The van der Waals surface area contributed by atoms with Crippen LogP contribution in [0.15, 0.2) is 27.6 Å². The van der Waals surface area contributed by atoms with Gasteiger partial charge in [-0.3, -0.25) is 4.79 Å². The average Bonchev–Trinajstić information content (AvgIpc) is 2.08. The van der Waals surface area contributed by atoms with Gasteiger partial charge < -0.3 is 4.57 Å². The molecule has 0 saturated heterocycles. The van der Waals surface area contributed by atoms with Gasteiger partial charge in [-0.15, -0.1) is 0 Å². The number of aryl methyl sites for hydroxylation is 1. The number of hydrogen-bond acceptors (Lipinski definition) is 2. The van der Waals surface area contributed by atoms with Gasteiger partial charge in [-0.1, -0.05) is 0 Å². The predicted molar refractivity (Wildman–Crippen MR) is 56.9 cm³/mol. The van der Waals surface area contributed by atoms with Crippen LogP contribution < -0.4 is 5.56 Å². The maximum absolute atomic E-state index is 11.4. The van der Waals surface area contributed by atoms with Crippen molar-refractivity contribution in [1.82, 2.24) is 4.57 Å². The third-order valence-electron chi connectivity index (χ3n) is 1.53. The predicted octanol–water partition coefficient (Wildman–Crippen LogP) is 1.93. The molecule has 0 atom stereocenters. The number of hydrogen-bond donors (Lipinski definition) is 1. The van der Waals surface area contributed by atoms with Crippen LogP contribution in [0.5, 0.6) is 0 Å². The third kappa shape index (κ3) is 2.38. The molecule has 1 aromatic rings. The molecule has 0 aliphatic carbocycles. The van der Waals surface area contributed by atoms with Gasteiger partial charge in [-0.05, 0) is 40.2 Å². The molecule has 0 radical (unpaired) electrons. The minimum atomic E-state index is 0.0271. The second-order valence-corrected chi connectivity index (χ2v) is 3.73. The molecular formula is C8H10BrNOS. The zero-order valence-electron chi connectivity index (χ0n) is 6.53. The lowest BCUT2D eigenvalue weighted by Crippen LogP contribution is -2.19. The Balaban J connectivity index is 2.85. The van der Waals surface area contributed by atoms with Gasteiger partial charge in [0.25, 0.3) is 5.56 Å². The maximum atomic E-state index is 11.4. The number of thiol groups is 1. The molecule has 2 nitrogen and oxygen atoms in total. The molecule has 0 aromatic carbocycles. The Bertz CT molecular complexity index is 310. The van der Waals surface area contributed by atoms with Gasteiger partial charge in [0.1, 0.15) is 0 Å². The Kier molecular flexibility index (Phi) is 3.88. The summed E-state index contributed by atoms with van der Waals surface area (Å²) in [5.74, 6) is 0.805. The van der Waals surface area contributed by atoms with Crippen molar-refractivity contribution in [2.45, 2.75) is 13.0 Å². The zero-order chi connectivity index (χ0) is 8.97. The molecule has 0 saturated carbocycles. The smallest absolute Gasteiger partial charge is 0.264 e. The first-order valence-corrected chi connectivity index (χ1v) is 5.14. The van der Waals surface area contributed by atoms with Gasteiger partial charge in [0.15, 0.2) is 0 Å². The number of aromatic nitrogens is 1. The van der Waals surface area contributed by atoms with E-state index in [1.165, 1.54) is 0 Å². The summed E-state index contributed by atoms with van der Waals surface area (Å²) in [6, 6.07) is 3.60. The SMILES string of the molecule is O=c1c(Br)cccn1CCCS. The first kappa shape index (κ1) is 9.86. The summed E-state index contributed by atoms with van der Waals surface area (Å²) in [4.78, 5) is 11.4. The van der Waals surface area contributed by atoms with Crippen molar-refractivity contribution in [1.29, 1.82) is 0 Å². The Labute approximate surface area is 85.1 Å². The van der Waals surface area contributed by atoms with E-state index in [0.717, 1.165) is 18.7 Å². The summed E-state index contributed by atoms with van der Waals surface area (Å²) in [5.41, 5.74) is 0.0271. The molecule has 12 heavy (non-hydrogen) atoms. The number of halogens is 1. The normalized spacial score (nSPS) is 10.2. The van der Waals surface area contributed by atoms with Gasteiger partial charge in [-0.25, -0.2) is 0 Å². The summed E-state index contributed by atoms with van der Waals surface area (Å²) in [7, 11) is 0.